The lowest BCUT2D eigenvalue weighted by molar-refractivity contribution is -0.137. The van der Waals surface area contributed by atoms with Crippen LogP contribution in [0.2, 0.25) is 0 Å². The molecular formula is C16H13N3O2. The third-order valence-electron chi connectivity index (χ3n) is 3.14. The predicted molar refractivity (Wildman–Crippen MR) is 78.5 cm³/mol. The number of carboxylic acid groups (broad SMARTS) is 1. The minimum absolute atomic E-state index is 0.127. The zero-order valence-electron chi connectivity index (χ0n) is 11.2. The summed E-state index contributed by atoms with van der Waals surface area (Å²) in [5.41, 5.74) is 3.39. The number of imidazole rings is 1. The lowest BCUT2D eigenvalue weighted by Gasteiger charge is -2.08. The molecule has 104 valence electrons. The summed E-state index contributed by atoms with van der Waals surface area (Å²) in [6.45, 7) is -0.127. The van der Waals surface area contributed by atoms with Crippen LogP contribution in [0, 0.1) is 0 Å². The molecule has 0 saturated carbocycles. The largest absolute Gasteiger partial charge is 0.480 e. The molecule has 5 nitrogen and oxygen atoms in total. The number of aromatic nitrogens is 3. The van der Waals surface area contributed by atoms with E-state index in [1.54, 1.807) is 23.3 Å². The second-order valence-electron chi connectivity index (χ2n) is 4.57. The summed E-state index contributed by atoms with van der Waals surface area (Å²) >= 11 is 0. The molecule has 5 heteroatoms. The van der Waals surface area contributed by atoms with Gasteiger partial charge in [0.15, 0.2) is 0 Å². The monoisotopic (exact) mass is 279 g/mol. The van der Waals surface area contributed by atoms with E-state index in [2.05, 4.69) is 9.97 Å². The molecule has 0 unspecified atom stereocenters. The van der Waals surface area contributed by atoms with Crippen molar-refractivity contribution in [1.82, 2.24) is 14.5 Å². The van der Waals surface area contributed by atoms with Crippen molar-refractivity contribution in [2.75, 3.05) is 0 Å². The van der Waals surface area contributed by atoms with Crippen LogP contribution in [-0.4, -0.2) is 25.6 Å². The lowest BCUT2D eigenvalue weighted by Crippen LogP contribution is -2.09. The molecule has 3 rings (SSSR count). The van der Waals surface area contributed by atoms with Gasteiger partial charge in [0.05, 0.1) is 17.7 Å². The van der Waals surface area contributed by atoms with Gasteiger partial charge in [0.1, 0.15) is 6.54 Å². The fourth-order valence-corrected chi connectivity index (χ4v) is 2.27. The Morgan fingerprint density at radius 1 is 1.05 bits per heavy atom. The smallest absolute Gasteiger partial charge is 0.323 e. The third kappa shape index (κ3) is 2.67. The Labute approximate surface area is 121 Å². The van der Waals surface area contributed by atoms with Crippen molar-refractivity contribution < 1.29 is 9.90 Å². The minimum Gasteiger partial charge on any atom is -0.480 e. The van der Waals surface area contributed by atoms with Crippen LogP contribution in [0.4, 0.5) is 0 Å². The molecular weight excluding hydrogens is 266 g/mol. The van der Waals surface area contributed by atoms with Crippen LogP contribution in [0.25, 0.3) is 22.5 Å². The molecule has 0 aliphatic rings. The third-order valence-corrected chi connectivity index (χ3v) is 3.14. The molecule has 0 saturated heterocycles. The molecule has 0 atom stereocenters. The summed E-state index contributed by atoms with van der Waals surface area (Å²) in [7, 11) is 0. The molecule has 0 amide bonds. The lowest BCUT2D eigenvalue weighted by atomic mass is 10.1. The number of hydrogen-bond acceptors (Lipinski definition) is 3. The van der Waals surface area contributed by atoms with E-state index < -0.39 is 5.97 Å². The molecule has 2 aromatic heterocycles. The van der Waals surface area contributed by atoms with E-state index in [1.165, 1.54) is 0 Å². The maximum Gasteiger partial charge on any atom is 0.323 e. The molecule has 21 heavy (non-hydrogen) atoms. The molecule has 1 aromatic carbocycles. The van der Waals surface area contributed by atoms with Crippen molar-refractivity contribution in [2.45, 2.75) is 6.54 Å². The number of carboxylic acids is 1. The topological polar surface area (TPSA) is 68.0 Å². The Hall–Kier alpha value is -2.95. The highest BCUT2D eigenvalue weighted by Crippen LogP contribution is 2.30. The van der Waals surface area contributed by atoms with Gasteiger partial charge in [-0.05, 0) is 12.1 Å². The number of rotatable bonds is 4. The number of nitrogens with zero attached hydrogens (tertiary/aromatic N) is 3. The van der Waals surface area contributed by atoms with Crippen LogP contribution in [0.1, 0.15) is 0 Å². The standard InChI is InChI=1S/C16H13N3O2/c20-14(21)10-19-11-18-15(12-4-2-1-3-5-12)16(19)13-6-8-17-9-7-13/h1-9,11H,10H2,(H,20,21). The van der Waals surface area contributed by atoms with Crippen LogP contribution in [0.5, 0.6) is 0 Å². The van der Waals surface area contributed by atoms with Gasteiger partial charge >= 0.3 is 5.97 Å². The van der Waals surface area contributed by atoms with E-state index in [0.717, 1.165) is 22.5 Å². The molecule has 0 bridgehead atoms. The summed E-state index contributed by atoms with van der Waals surface area (Å²) in [4.78, 5) is 19.4. The maximum atomic E-state index is 11.0. The number of hydrogen-bond donors (Lipinski definition) is 1. The van der Waals surface area contributed by atoms with Crippen LogP contribution >= 0.6 is 0 Å². The van der Waals surface area contributed by atoms with Gasteiger partial charge in [0, 0.05) is 23.5 Å². The summed E-state index contributed by atoms with van der Waals surface area (Å²) in [5.74, 6) is -0.901. The van der Waals surface area contributed by atoms with E-state index in [4.69, 9.17) is 5.11 Å². The normalized spacial score (nSPS) is 10.5. The first kappa shape index (κ1) is 13.1. The molecule has 1 N–H and O–H groups in total. The Morgan fingerprint density at radius 3 is 2.43 bits per heavy atom. The SMILES string of the molecule is O=C(O)Cn1cnc(-c2ccccc2)c1-c1ccncc1. The van der Waals surface area contributed by atoms with Gasteiger partial charge in [0.2, 0.25) is 0 Å². The Balaban J connectivity index is 2.18. The average Bonchev–Trinajstić information content (AvgIpc) is 2.92. The van der Waals surface area contributed by atoms with Crippen molar-refractivity contribution in [2.24, 2.45) is 0 Å². The first-order chi connectivity index (χ1) is 10.3. The fraction of sp³-hybridized carbons (Fsp3) is 0.0625. The molecule has 3 aromatic rings. The van der Waals surface area contributed by atoms with Crippen LogP contribution < -0.4 is 0 Å². The van der Waals surface area contributed by atoms with E-state index in [-0.39, 0.29) is 6.54 Å². The van der Waals surface area contributed by atoms with Crippen molar-refractivity contribution in [3.05, 3.63) is 61.2 Å². The molecule has 0 aliphatic carbocycles. The summed E-state index contributed by atoms with van der Waals surface area (Å²) < 4.78 is 1.64. The zero-order chi connectivity index (χ0) is 14.7. The Kier molecular flexibility index (Phi) is 3.47. The van der Waals surface area contributed by atoms with E-state index in [0.29, 0.717) is 0 Å². The predicted octanol–water partition coefficient (Wildman–Crippen LogP) is 2.70. The summed E-state index contributed by atoms with van der Waals surface area (Å²) in [5, 5.41) is 9.06. The van der Waals surface area contributed by atoms with Gasteiger partial charge in [-0.2, -0.15) is 0 Å². The fourth-order valence-electron chi connectivity index (χ4n) is 2.27. The van der Waals surface area contributed by atoms with Crippen LogP contribution in [0.3, 0.4) is 0 Å². The van der Waals surface area contributed by atoms with E-state index in [9.17, 15) is 4.79 Å². The molecule has 0 fully saturated rings. The highest BCUT2D eigenvalue weighted by Gasteiger charge is 2.16. The highest BCUT2D eigenvalue weighted by atomic mass is 16.4. The quantitative estimate of drug-likeness (QED) is 0.797. The first-order valence-electron chi connectivity index (χ1n) is 6.48. The second kappa shape index (κ2) is 5.58. The molecule has 0 aliphatic heterocycles. The van der Waals surface area contributed by atoms with Gasteiger partial charge in [-0.1, -0.05) is 30.3 Å². The highest BCUT2D eigenvalue weighted by molar-refractivity contribution is 5.79. The number of pyridine rings is 1. The number of benzene rings is 1. The second-order valence-corrected chi connectivity index (χ2v) is 4.57. The summed E-state index contributed by atoms with van der Waals surface area (Å²) in [6, 6.07) is 13.4. The minimum atomic E-state index is -0.901. The maximum absolute atomic E-state index is 11.0. The zero-order valence-corrected chi connectivity index (χ0v) is 11.2. The van der Waals surface area contributed by atoms with Gasteiger partial charge in [-0.15, -0.1) is 0 Å². The molecule has 0 radical (unpaired) electrons. The number of aliphatic carboxylic acids is 1. The van der Waals surface area contributed by atoms with Crippen LogP contribution in [0.15, 0.2) is 61.2 Å². The van der Waals surface area contributed by atoms with Gasteiger partial charge in [0.25, 0.3) is 0 Å². The van der Waals surface area contributed by atoms with E-state index >= 15 is 0 Å². The van der Waals surface area contributed by atoms with Gasteiger partial charge in [-0.3, -0.25) is 9.78 Å². The van der Waals surface area contributed by atoms with E-state index in [1.807, 2.05) is 42.5 Å². The van der Waals surface area contributed by atoms with Gasteiger partial charge in [-0.25, -0.2) is 4.98 Å². The Bertz CT molecular complexity index is 752. The number of carbonyl (C=O) groups is 1. The van der Waals surface area contributed by atoms with Crippen molar-refractivity contribution >= 4 is 5.97 Å². The first-order valence-corrected chi connectivity index (χ1v) is 6.48. The molecule has 2 heterocycles. The average molecular weight is 279 g/mol. The van der Waals surface area contributed by atoms with Crippen molar-refractivity contribution in [1.29, 1.82) is 0 Å². The molecule has 0 spiro atoms. The Morgan fingerprint density at radius 2 is 1.76 bits per heavy atom. The van der Waals surface area contributed by atoms with Crippen molar-refractivity contribution in [3.63, 3.8) is 0 Å². The van der Waals surface area contributed by atoms with Gasteiger partial charge < -0.3 is 9.67 Å². The summed E-state index contributed by atoms with van der Waals surface area (Å²) in [6.07, 6.45) is 4.93. The van der Waals surface area contributed by atoms with Crippen LogP contribution in [-0.2, 0) is 11.3 Å². The van der Waals surface area contributed by atoms with Crippen molar-refractivity contribution in [3.8, 4) is 22.5 Å².